The number of halogens is 1. The van der Waals surface area contributed by atoms with E-state index < -0.39 is 54.6 Å². The minimum absolute atomic E-state index is 0.345. The molecule has 1 saturated heterocycles. The summed E-state index contributed by atoms with van der Waals surface area (Å²) in [5, 5.41) is 0. The second kappa shape index (κ2) is 9.16. The molecule has 0 amide bonds. The van der Waals surface area contributed by atoms with Crippen molar-refractivity contribution < 1.29 is 42.9 Å². The number of alkyl halides is 1. The fourth-order valence-corrected chi connectivity index (χ4v) is 2.95. The molecule has 0 saturated carbocycles. The Labute approximate surface area is 152 Å². The first-order valence-corrected chi connectivity index (χ1v) is 8.58. The second-order valence-electron chi connectivity index (χ2n) is 5.03. The number of hydrogen-bond donors (Lipinski definition) is 0. The summed E-state index contributed by atoms with van der Waals surface area (Å²) in [4.78, 5) is 45.5. The molecular formula is C14H19IO9. The number of carbonyl (C=O) groups is 4. The molecule has 0 spiro atoms. The summed E-state index contributed by atoms with van der Waals surface area (Å²) in [7, 11) is 0. The summed E-state index contributed by atoms with van der Waals surface area (Å²) in [5.41, 5.74) is 0. The molecule has 0 aliphatic carbocycles. The summed E-state index contributed by atoms with van der Waals surface area (Å²) in [6.45, 7) is 4.65. The molecule has 9 nitrogen and oxygen atoms in total. The van der Waals surface area contributed by atoms with Crippen molar-refractivity contribution in [2.24, 2.45) is 0 Å². The molecule has 10 heteroatoms. The molecule has 1 rings (SSSR count). The lowest BCUT2D eigenvalue weighted by atomic mass is 9.99. The third-order valence-corrected chi connectivity index (χ3v) is 3.80. The fourth-order valence-electron chi connectivity index (χ4n) is 2.24. The highest BCUT2D eigenvalue weighted by molar-refractivity contribution is 14.1. The van der Waals surface area contributed by atoms with Gasteiger partial charge in [-0.25, -0.2) is 0 Å². The number of hydrogen-bond acceptors (Lipinski definition) is 9. The van der Waals surface area contributed by atoms with Crippen molar-refractivity contribution in [3.63, 3.8) is 0 Å². The monoisotopic (exact) mass is 458 g/mol. The van der Waals surface area contributed by atoms with Gasteiger partial charge in [0.2, 0.25) is 12.4 Å². The van der Waals surface area contributed by atoms with E-state index in [0.29, 0.717) is 4.43 Å². The predicted octanol–water partition coefficient (Wildman–Crippen LogP) is 0.504. The molecular weight excluding hydrogens is 439 g/mol. The first-order chi connectivity index (χ1) is 11.1. The Morgan fingerprint density at radius 1 is 0.750 bits per heavy atom. The van der Waals surface area contributed by atoms with Crippen LogP contribution in [0.4, 0.5) is 0 Å². The summed E-state index contributed by atoms with van der Waals surface area (Å²) in [6, 6.07) is 0. The number of carbonyl (C=O) groups excluding carboxylic acids is 4. The van der Waals surface area contributed by atoms with Crippen LogP contribution < -0.4 is 0 Å². The van der Waals surface area contributed by atoms with E-state index >= 15 is 0 Å². The largest absolute Gasteiger partial charge is 0.456 e. The zero-order chi connectivity index (χ0) is 18.4. The van der Waals surface area contributed by atoms with Crippen molar-refractivity contribution in [1.29, 1.82) is 0 Å². The number of esters is 4. The van der Waals surface area contributed by atoms with Crippen LogP contribution >= 0.6 is 22.6 Å². The lowest BCUT2D eigenvalue weighted by Gasteiger charge is -2.43. The van der Waals surface area contributed by atoms with Gasteiger partial charge in [-0.2, -0.15) is 0 Å². The maximum absolute atomic E-state index is 11.4. The van der Waals surface area contributed by atoms with E-state index in [1.54, 1.807) is 0 Å². The Kier molecular flexibility index (Phi) is 7.87. The smallest absolute Gasteiger partial charge is 0.305 e. The van der Waals surface area contributed by atoms with Crippen LogP contribution in [0.3, 0.4) is 0 Å². The normalized spacial score (nSPS) is 29.3. The quantitative estimate of drug-likeness (QED) is 0.252. The topological polar surface area (TPSA) is 114 Å². The van der Waals surface area contributed by atoms with Gasteiger partial charge in [-0.15, -0.1) is 0 Å². The minimum Gasteiger partial charge on any atom is -0.456 e. The van der Waals surface area contributed by atoms with E-state index in [9.17, 15) is 19.2 Å². The lowest BCUT2D eigenvalue weighted by molar-refractivity contribution is -0.291. The predicted molar refractivity (Wildman–Crippen MR) is 86.0 cm³/mol. The van der Waals surface area contributed by atoms with Crippen molar-refractivity contribution in [2.75, 3.05) is 4.43 Å². The van der Waals surface area contributed by atoms with Crippen LogP contribution in [0.5, 0.6) is 0 Å². The Morgan fingerprint density at radius 3 is 1.58 bits per heavy atom. The third kappa shape index (κ3) is 5.89. The Morgan fingerprint density at radius 2 is 1.17 bits per heavy atom. The van der Waals surface area contributed by atoms with Crippen LogP contribution in [-0.4, -0.2) is 59.0 Å². The summed E-state index contributed by atoms with van der Waals surface area (Å²) >= 11 is 1.98. The number of ether oxygens (including phenoxy) is 5. The van der Waals surface area contributed by atoms with Crippen LogP contribution in [0.2, 0.25) is 0 Å². The lowest BCUT2D eigenvalue weighted by Crippen LogP contribution is -2.62. The van der Waals surface area contributed by atoms with Crippen LogP contribution in [0.25, 0.3) is 0 Å². The zero-order valence-electron chi connectivity index (χ0n) is 13.6. The van der Waals surface area contributed by atoms with E-state index in [4.69, 9.17) is 23.7 Å². The molecule has 0 aromatic heterocycles. The van der Waals surface area contributed by atoms with Gasteiger partial charge in [-0.1, -0.05) is 22.6 Å². The van der Waals surface area contributed by atoms with Crippen LogP contribution in [0.1, 0.15) is 27.7 Å². The standard InChI is InChI=1S/C14H19IO9/c1-6(16)20-11-10(5-15)24-14(23-9(4)19)13(22-8(3)18)12(11)21-7(2)17/h10-14H,5H2,1-4H3/t10-,11+,12-,13-,14+/m1/s1. The van der Waals surface area contributed by atoms with Gasteiger partial charge in [0.1, 0.15) is 6.10 Å². The van der Waals surface area contributed by atoms with Crippen molar-refractivity contribution >= 4 is 46.5 Å². The third-order valence-electron chi connectivity index (χ3n) is 2.93. The van der Waals surface area contributed by atoms with Crippen molar-refractivity contribution in [1.82, 2.24) is 0 Å². The van der Waals surface area contributed by atoms with Gasteiger partial charge in [0.25, 0.3) is 0 Å². The van der Waals surface area contributed by atoms with Gasteiger partial charge in [0.05, 0.1) is 0 Å². The van der Waals surface area contributed by atoms with Gasteiger partial charge in [0.15, 0.2) is 12.2 Å². The summed E-state index contributed by atoms with van der Waals surface area (Å²) < 4.78 is 26.5. The Balaban J connectivity index is 3.23. The Bertz CT molecular complexity index is 506. The maximum atomic E-state index is 11.4. The second-order valence-corrected chi connectivity index (χ2v) is 5.91. The zero-order valence-corrected chi connectivity index (χ0v) is 15.8. The van der Waals surface area contributed by atoms with Gasteiger partial charge >= 0.3 is 23.9 Å². The van der Waals surface area contributed by atoms with E-state index in [2.05, 4.69) is 0 Å². The number of rotatable bonds is 5. The van der Waals surface area contributed by atoms with E-state index in [0.717, 1.165) is 20.8 Å². The van der Waals surface area contributed by atoms with Gasteiger partial charge in [0, 0.05) is 32.1 Å². The van der Waals surface area contributed by atoms with Crippen molar-refractivity contribution in [2.45, 2.75) is 58.4 Å². The van der Waals surface area contributed by atoms with Gasteiger partial charge in [-0.3, -0.25) is 19.2 Å². The van der Waals surface area contributed by atoms with Crippen molar-refractivity contribution in [3.05, 3.63) is 0 Å². The van der Waals surface area contributed by atoms with E-state index in [-0.39, 0.29) is 0 Å². The SMILES string of the molecule is CC(=O)O[C@H]1O[C@H](CI)[C@H](OC(C)=O)[C@@H](OC(C)=O)[C@H]1OC(C)=O. The van der Waals surface area contributed by atoms with E-state index in [1.165, 1.54) is 6.92 Å². The van der Waals surface area contributed by atoms with Crippen LogP contribution in [0, 0.1) is 0 Å². The van der Waals surface area contributed by atoms with Crippen molar-refractivity contribution in [3.8, 4) is 0 Å². The molecule has 5 atom stereocenters. The molecule has 0 N–H and O–H groups in total. The highest BCUT2D eigenvalue weighted by atomic mass is 127. The average Bonchev–Trinajstić information content (AvgIpc) is 2.42. The molecule has 0 bridgehead atoms. The van der Waals surface area contributed by atoms with Gasteiger partial charge in [-0.05, 0) is 0 Å². The molecule has 1 heterocycles. The molecule has 0 radical (unpaired) electrons. The summed E-state index contributed by atoms with van der Waals surface area (Å²) in [5.74, 6) is -2.67. The molecule has 24 heavy (non-hydrogen) atoms. The van der Waals surface area contributed by atoms with Crippen LogP contribution in [-0.2, 0) is 42.9 Å². The fraction of sp³-hybridized carbons (Fsp3) is 0.714. The highest BCUT2D eigenvalue weighted by Gasteiger charge is 2.52. The molecule has 0 unspecified atom stereocenters. The minimum atomic E-state index is -1.29. The Hall–Kier alpha value is -1.43. The first-order valence-electron chi connectivity index (χ1n) is 7.06. The van der Waals surface area contributed by atoms with Gasteiger partial charge < -0.3 is 23.7 Å². The maximum Gasteiger partial charge on any atom is 0.305 e. The first kappa shape index (κ1) is 20.6. The van der Waals surface area contributed by atoms with E-state index in [1.807, 2.05) is 22.6 Å². The average molecular weight is 458 g/mol. The molecule has 136 valence electrons. The van der Waals surface area contributed by atoms with Crippen LogP contribution in [0.15, 0.2) is 0 Å². The summed E-state index contributed by atoms with van der Waals surface area (Å²) in [6.07, 6.45) is -5.47. The molecule has 0 aromatic carbocycles. The molecule has 0 aromatic rings. The molecule has 1 aliphatic rings. The molecule has 1 fully saturated rings. The highest BCUT2D eigenvalue weighted by Crippen LogP contribution is 2.30. The molecule has 1 aliphatic heterocycles.